The number of nitrogens with zero attached hydrogens (tertiary/aromatic N) is 2. The molecule has 0 saturated carbocycles. The van der Waals surface area contributed by atoms with Crippen LogP contribution < -0.4 is 4.90 Å². The Kier molecular flexibility index (Phi) is 5.29. The van der Waals surface area contributed by atoms with Crippen LogP contribution in [0.25, 0.3) is 0 Å². The average Bonchev–Trinajstić information content (AvgIpc) is 2.44. The number of rotatable bonds is 3. The van der Waals surface area contributed by atoms with Gasteiger partial charge in [0.15, 0.2) is 0 Å². The third-order valence-electron chi connectivity index (χ3n) is 3.51. The maximum absolute atomic E-state index is 13.1. The molecule has 1 aliphatic rings. The highest BCUT2D eigenvalue weighted by atomic mass is 35.5. The maximum atomic E-state index is 13.1. The fourth-order valence-corrected chi connectivity index (χ4v) is 2.59. The smallest absolute Gasteiger partial charge is 0.248 e. The van der Waals surface area contributed by atoms with Crippen LogP contribution in [0.15, 0.2) is 18.2 Å². The van der Waals surface area contributed by atoms with Crippen molar-refractivity contribution >= 4 is 23.2 Å². The molecule has 0 bridgehead atoms. The molecule has 122 valence electrons. The van der Waals surface area contributed by atoms with Crippen LogP contribution in [-0.2, 0) is 9.53 Å². The molecule has 22 heavy (non-hydrogen) atoms. The van der Waals surface area contributed by atoms with Crippen molar-refractivity contribution in [3.8, 4) is 0 Å². The normalized spacial score (nSPS) is 16.0. The van der Waals surface area contributed by atoms with Crippen LogP contribution in [0, 0.1) is 5.82 Å². The minimum absolute atomic E-state index is 0.000205. The number of carbonyl (C=O) groups is 1. The van der Waals surface area contributed by atoms with Crippen molar-refractivity contribution in [1.82, 2.24) is 4.90 Å². The molecule has 6 heteroatoms. The summed E-state index contributed by atoms with van der Waals surface area (Å²) in [4.78, 5) is 16.0. The van der Waals surface area contributed by atoms with Crippen molar-refractivity contribution in [3.63, 3.8) is 0 Å². The number of ether oxygens (including phenoxy) is 1. The Morgan fingerprint density at radius 2 is 1.91 bits per heavy atom. The highest BCUT2D eigenvalue weighted by molar-refractivity contribution is 6.33. The minimum Gasteiger partial charge on any atom is -0.367 e. The van der Waals surface area contributed by atoms with Gasteiger partial charge in [0.25, 0.3) is 0 Å². The summed E-state index contributed by atoms with van der Waals surface area (Å²) < 4.78 is 18.6. The molecule has 1 aliphatic heterocycles. The second kappa shape index (κ2) is 6.84. The molecule has 0 aromatic heterocycles. The molecule has 1 saturated heterocycles. The van der Waals surface area contributed by atoms with Crippen molar-refractivity contribution in [2.24, 2.45) is 0 Å². The van der Waals surface area contributed by atoms with Crippen molar-refractivity contribution in [2.45, 2.75) is 26.4 Å². The lowest BCUT2D eigenvalue weighted by Gasteiger charge is -2.36. The zero-order valence-corrected chi connectivity index (χ0v) is 14.0. The molecule has 1 fully saturated rings. The van der Waals surface area contributed by atoms with Gasteiger partial charge in [-0.1, -0.05) is 11.6 Å². The van der Waals surface area contributed by atoms with Crippen molar-refractivity contribution in [2.75, 3.05) is 37.7 Å². The van der Waals surface area contributed by atoms with Crippen LogP contribution in [0.5, 0.6) is 0 Å². The summed E-state index contributed by atoms with van der Waals surface area (Å²) in [6, 6.07) is 4.39. The molecular weight excluding hydrogens is 307 g/mol. The van der Waals surface area contributed by atoms with Gasteiger partial charge in [-0.15, -0.1) is 0 Å². The monoisotopic (exact) mass is 328 g/mol. The topological polar surface area (TPSA) is 32.8 Å². The standard InChI is InChI=1S/C16H22ClFN2O2/c1-16(2,3)22-11-15(21)20-8-6-19(7-9-20)14-5-4-12(18)10-13(14)17/h4-5,10H,6-9,11H2,1-3H3. The molecule has 0 unspecified atom stereocenters. The molecule has 4 nitrogen and oxygen atoms in total. The molecule has 0 spiro atoms. The number of amides is 1. The van der Waals surface area contributed by atoms with E-state index >= 15 is 0 Å². The van der Waals surface area contributed by atoms with E-state index in [0.29, 0.717) is 31.2 Å². The quantitative estimate of drug-likeness (QED) is 0.855. The van der Waals surface area contributed by atoms with Gasteiger partial charge in [-0.05, 0) is 39.0 Å². The summed E-state index contributed by atoms with van der Waals surface area (Å²) in [7, 11) is 0. The first-order valence-electron chi connectivity index (χ1n) is 7.38. The van der Waals surface area contributed by atoms with E-state index in [9.17, 15) is 9.18 Å². The summed E-state index contributed by atoms with van der Waals surface area (Å²) >= 11 is 6.08. The lowest BCUT2D eigenvalue weighted by atomic mass is 10.2. The zero-order chi connectivity index (χ0) is 16.3. The van der Waals surface area contributed by atoms with Gasteiger partial charge in [-0.2, -0.15) is 0 Å². The van der Waals surface area contributed by atoms with Crippen molar-refractivity contribution in [1.29, 1.82) is 0 Å². The summed E-state index contributed by atoms with van der Waals surface area (Å²) in [5.74, 6) is -0.346. The maximum Gasteiger partial charge on any atom is 0.248 e. The Bertz CT molecular complexity index is 537. The van der Waals surface area contributed by atoms with Gasteiger partial charge >= 0.3 is 0 Å². The molecule has 2 rings (SSSR count). The van der Waals surface area contributed by atoms with Crippen LogP contribution in [-0.4, -0.2) is 49.2 Å². The number of piperazine rings is 1. The first-order chi connectivity index (χ1) is 10.3. The number of halogens is 2. The molecule has 0 aliphatic carbocycles. The second-order valence-corrected chi connectivity index (χ2v) is 6.77. The third kappa shape index (κ3) is 4.58. The van der Waals surface area contributed by atoms with Gasteiger partial charge in [-0.3, -0.25) is 4.79 Å². The number of benzene rings is 1. The number of anilines is 1. The van der Waals surface area contributed by atoms with Gasteiger partial charge in [0, 0.05) is 26.2 Å². The minimum atomic E-state index is -0.345. The van der Waals surface area contributed by atoms with Crippen LogP contribution >= 0.6 is 11.6 Å². The number of hydrogen-bond donors (Lipinski definition) is 0. The molecule has 1 amide bonds. The molecule has 1 heterocycles. The third-order valence-corrected chi connectivity index (χ3v) is 3.81. The Hall–Kier alpha value is -1.33. The predicted octanol–water partition coefficient (Wildman–Crippen LogP) is 2.94. The van der Waals surface area contributed by atoms with Gasteiger partial charge in [0.05, 0.1) is 16.3 Å². The van der Waals surface area contributed by atoms with Gasteiger partial charge in [-0.25, -0.2) is 4.39 Å². The Labute approximate surface area is 135 Å². The fourth-order valence-electron chi connectivity index (χ4n) is 2.30. The molecule has 1 aromatic carbocycles. The average molecular weight is 329 g/mol. The lowest BCUT2D eigenvalue weighted by molar-refractivity contribution is -0.141. The van der Waals surface area contributed by atoms with E-state index < -0.39 is 0 Å². The predicted molar refractivity (Wildman–Crippen MR) is 85.9 cm³/mol. The van der Waals surface area contributed by atoms with E-state index in [4.69, 9.17) is 16.3 Å². The van der Waals surface area contributed by atoms with Gasteiger partial charge in [0.2, 0.25) is 5.91 Å². The Morgan fingerprint density at radius 3 is 2.45 bits per heavy atom. The van der Waals surface area contributed by atoms with E-state index in [1.165, 1.54) is 12.1 Å². The van der Waals surface area contributed by atoms with Gasteiger partial charge in [0.1, 0.15) is 12.4 Å². The summed E-state index contributed by atoms with van der Waals surface area (Å²) in [5.41, 5.74) is 0.486. The van der Waals surface area contributed by atoms with Crippen molar-refractivity contribution < 1.29 is 13.9 Å². The Morgan fingerprint density at radius 1 is 1.27 bits per heavy atom. The fraction of sp³-hybridized carbons (Fsp3) is 0.562. The number of carbonyl (C=O) groups excluding carboxylic acids is 1. The van der Waals surface area contributed by atoms with Crippen LogP contribution in [0.4, 0.5) is 10.1 Å². The molecule has 0 N–H and O–H groups in total. The zero-order valence-electron chi connectivity index (χ0n) is 13.2. The molecule has 0 radical (unpaired) electrons. The van der Waals surface area contributed by atoms with Crippen molar-refractivity contribution in [3.05, 3.63) is 29.0 Å². The summed E-state index contributed by atoms with van der Waals surface area (Å²) in [6.45, 7) is 8.44. The lowest BCUT2D eigenvalue weighted by Crippen LogP contribution is -2.50. The largest absolute Gasteiger partial charge is 0.367 e. The van der Waals surface area contributed by atoms with E-state index in [1.54, 1.807) is 11.0 Å². The summed E-state index contributed by atoms with van der Waals surface area (Å²) in [6.07, 6.45) is 0. The van der Waals surface area contributed by atoms with Crippen LogP contribution in [0.1, 0.15) is 20.8 Å². The van der Waals surface area contributed by atoms with E-state index in [0.717, 1.165) is 5.69 Å². The van der Waals surface area contributed by atoms with E-state index in [1.807, 2.05) is 20.8 Å². The highest BCUT2D eigenvalue weighted by Gasteiger charge is 2.23. The molecular formula is C16H22ClFN2O2. The highest BCUT2D eigenvalue weighted by Crippen LogP contribution is 2.27. The SMILES string of the molecule is CC(C)(C)OCC(=O)N1CCN(c2ccc(F)cc2Cl)CC1. The first-order valence-corrected chi connectivity index (χ1v) is 7.76. The summed E-state index contributed by atoms with van der Waals surface area (Å²) in [5, 5.41) is 0.399. The van der Waals surface area contributed by atoms with E-state index in [-0.39, 0.29) is 23.9 Å². The van der Waals surface area contributed by atoms with E-state index in [2.05, 4.69) is 4.90 Å². The molecule has 1 aromatic rings. The second-order valence-electron chi connectivity index (χ2n) is 6.36. The Balaban J connectivity index is 1.89. The van der Waals surface area contributed by atoms with Crippen LogP contribution in [0.3, 0.4) is 0 Å². The van der Waals surface area contributed by atoms with Gasteiger partial charge < -0.3 is 14.5 Å². The first kappa shape index (κ1) is 17.0. The number of hydrogen-bond acceptors (Lipinski definition) is 3. The van der Waals surface area contributed by atoms with Crippen LogP contribution in [0.2, 0.25) is 5.02 Å². The molecule has 0 atom stereocenters.